The van der Waals surface area contributed by atoms with Crippen LogP contribution in [-0.2, 0) is 81.2 Å². The third-order valence-corrected chi connectivity index (χ3v) is 13.5. The predicted octanol–water partition coefficient (Wildman–Crippen LogP) is 12.6. The number of halogens is 6. The lowest BCUT2D eigenvalue weighted by atomic mass is 10.0. The first kappa shape index (κ1) is 64.0. The van der Waals surface area contributed by atoms with E-state index >= 15 is 0 Å². The van der Waals surface area contributed by atoms with E-state index in [1.165, 1.54) is 107 Å². The van der Waals surface area contributed by atoms with Gasteiger partial charge in [-0.1, -0.05) is 49.2 Å². The normalized spacial score (nSPS) is 15.1. The van der Waals surface area contributed by atoms with Crippen molar-refractivity contribution in [2.45, 2.75) is 199 Å². The molecule has 79 heavy (non-hydrogen) atoms. The molecule has 434 valence electrons. The second kappa shape index (κ2) is 29.6. The number of hydrogen-bond acceptors (Lipinski definition) is 10. The summed E-state index contributed by atoms with van der Waals surface area (Å²) in [6, 6.07) is 16.8. The Bertz CT molecular complexity index is 2780. The number of hydrogen-bond donors (Lipinski definition) is 2. The Kier molecular flexibility index (Phi) is 23.9. The molecule has 5 aromatic rings. The molecular formula is C61H82F6N6O6. The number of esters is 2. The second-order valence-corrected chi connectivity index (χ2v) is 22.5. The minimum absolute atomic E-state index is 0.0744. The Hall–Kier alpha value is -5.85. The van der Waals surface area contributed by atoms with Crippen molar-refractivity contribution in [1.82, 2.24) is 24.4 Å². The molecule has 0 saturated carbocycles. The number of rotatable bonds is 18. The lowest BCUT2D eigenvalue weighted by molar-refractivity contribution is -0.156. The summed E-state index contributed by atoms with van der Waals surface area (Å²) in [6.45, 7) is 13.8. The molecule has 3 atom stereocenters. The third-order valence-electron chi connectivity index (χ3n) is 13.5. The van der Waals surface area contributed by atoms with Crippen molar-refractivity contribution in [3.8, 4) is 0 Å². The van der Waals surface area contributed by atoms with Crippen LogP contribution in [0, 0.1) is 0 Å². The van der Waals surface area contributed by atoms with E-state index in [1.54, 1.807) is 60.9 Å². The molecule has 0 aliphatic heterocycles. The lowest BCUT2D eigenvalue weighted by Gasteiger charge is -2.24. The molecule has 2 aliphatic rings. The molecule has 7 rings (SSSR count). The van der Waals surface area contributed by atoms with Crippen LogP contribution in [0.2, 0.25) is 0 Å². The highest BCUT2D eigenvalue weighted by Crippen LogP contribution is 2.34. The zero-order valence-electron chi connectivity index (χ0n) is 47.3. The summed E-state index contributed by atoms with van der Waals surface area (Å²) in [5, 5.41) is 3.09. The molecule has 0 fully saturated rings. The largest absolute Gasteiger partial charge is 0.460 e. The van der Waals surface area contributed by atoms with Gasteiger partial charge in [-0.15, -0.1) is 0 Å². The summed E-state index contributed by atoms with van der Waals surface area (Å²) in [7, 11) is 1.54. The maximum atomic E-state index is 13.4. The molecule has 3 N–H and O–H groups in total. The highest BCUT2D eigenvalue weighted by atomic mass is 19.4. The molecule has 0 bridgehead atoms. The van der Waals surface area contributed by atoms with Crippen molar-refractivity contribution >= 4 is 11.9 Å². The molecule has 18 heteroatoms. The summed E-state index contributed by atoms with van der Waals surface area (Å²) in [6.07, 6.45) is 9.15. The average molecular weight is 1110 g/mol. The molecule has 2 aliphatic carbocycles. The monoisotopic (exact) mass is 1110 g/mol. The Balaban J connectivity index is 0.000000244. The maximum Gasteiger partial charge on any atom is 0.416 e. The van der Waals surface area contributed by atoms with E-state index in [-0.39, 0.29) is 24.5 Å². The fraction of sp³-hybridized carbons (Fsp3) is 0.557. The number of carbonyl (C=O) groups is 2. The van der Waals surface area contributed by atoms with Gasteiger partial charge in [-0.05, 0) is 191 Å². The smallest absolute Gasteiger partial charge is 0.416 e. The van der Waals surface area contributed by atoms with Gasteiger partial charge < -0.3 is 25.3 Å². The molecular weight excluding hydrogens is 1030 g/mol. The van der Waals surface area contributed by atoms with Crippen LogP contribution in [0.1, 0.15) is 181 Å². The summed E-state index contributed by atoms with van der Waals surface area (Å²) < 4.78 is 97.8. The van der Waals surface area contributed by atoms with Gasteiger partial charge in [-0.2, -0.15) is 26.3 Å². The van der Waals surface area contributed by atoms with E-state index in [2.05, 4.69) is 29.6 Å². The first-order valence-electron chi connectivity index (χ1n) is 27.7. The number of nitrogens with one attached hydrogen (secondary N) is 1. The van der Waals surface area contributed by atoms with Crippen molar-refractivity contribution < 1.29 is 50.1 Å². The second-order valence-electron chi connectivity index (χ2n) is 22.5. The quantitative estimate of drug-likeness (QED) is 0.0493. The fourth-order valence-electron chi connectivity index (χ4n) is 9.46. The summed E-state index contributed by atoms with van der Waals surface area (Å²) in [5.74, 6) is -1.08. The van der Waals surface area contributed by atoms with Crippen molar-refractivity contribution in [3.05, 3.63) is 152 Å². The number of pyridine rings is 2. The Morgan fingerprint density at radius 3 is 1.66 bits per heavy atom. The van der Waals surface area contributed by atoms with Gasteiger partial charge in [0.15, 0.2) is 0 Å². The topological polar surface area (TPSA) is 153 Å². The zero-order valence-corrected chi connectivity index (χ0v) is 47.3. The van der Waals surface area contributed by atoms with Crippen LogP contribution in [0.25, 0.3) is 0 Å². The Labute approximate surface area is 462 Å². The molecule has 2 aromatic carbocycles. The van der Waals surface area contributed by atoms with Crippen LogP contribution in [0.3, 0.4) is 0 Å². The number of imidazole rings is 1. The number of ether oxygens (including phenoxy) is 3. The van der Waals surface area contributed by atoms with E-state index in [0.717, 1.165) is 68.6 Å². The van der Waals surface area contributed by atoms with Gasteiger partial charge >= 0.3 is 30.0 Å². The standard InChI is InChI=1S/C30H36F3N3O3.C18H26F3NO3.C13H20N2/c1-29(2,3)39-27(37)20-26(22-10-7-11-23(19-22)30(31,32)33)36-18-17-35(28(36)38)16-8-12-24-15-14-21-9-5-4-6-13-25(21)34-24;1-12(24-5)11-22-15(10-16(23)25-17(2,3)4)13-7-6-8-14(9-13)18(19,20)21;14-10-4-6-12-9-8-11-5-2-1-3-7-13(11)15-12/h7,10-11,14-15,17-19,26H,4-6,8-9,12-13,16,20H2,1-3H3;6-9,12,15,22H,10-11H2,1-5H3;8-9H,1-7,10,14H2/t;12?,15-;/m.0./s1. The Morgan fingerprint density at radius 2 is 1.15 bits per heavy atom. The van der Waals surface area contributed by atoms with Gasteiger partial charge in [0.05, 0.1) is 36.1 Å². The van der Waals surface area contributed by atoms with Gasteiger partial charge in [-0.25, -0.2) is 4.79 Å². The van der Waals surface area contributed by atoms with Gasteiger partial charge in [-0.3, -0.25) is 28.7 Å². The van der Waals surface area contributed by atoms with E-state index in [9.17, 15) is 40.7 Å². The van der Waals surface area contributed by atoms with E-state index < -0.39 is 64.4 Å². The summed E-state index contributed by atoms with van der Waals surface area (Å²) in [4.78, 5) is 47.8. The number of aromatic nitrogens is 4. The highest BCUT2D eigenvalue weighted by molar-refractivity contribution is 5.71. The fourth-order valence-corrected chi connectivity index (χ4v) is 9.46. The number of carbonyl (C=O) groups excluding carboxylic acids is 2. The van der Waals surface area contributed by atoms with E-state index in [4.69, 9.17) is 29.9 Å². The van der Waals surface area contributed by atoms with Crippen molar-refractivity contribution in [3.63, 3.8) is 0 Å². The Morgan fingerprint density at radius 1 is 0.658 bits per heavy atom. The van der Waals surface area contributed by atoms with Gasteiger partial charge in [0, 0.05) is 61.4 Å². The maximum absolute atomic E-state index is 13.4. The molecule has 3 aromatic heterocycles. The zero-order chi connectivity index (χ0) is 58.0. The third kappa shape index (κ3) is 21.6. The number of alkyl halides is 6. The molecule has 0 spiro atoms. The number of fused-ring (bicyclic) bond motifs is 2. The van der Waals surface area contributed by atoms with Crippen LogP contribution in [-0.4, -0.2) is 68.5 Å². The van der Waals surface area contributed by atoms with Crippen LogP contribution >= 0.6 is 0 Å². The summed E-state index contributed by atoms with van der Waals surface area (Å²) >= 11 is 0. The molecule has 0 amide bonds. The van der Waals surface area contributed by atoms with Gasteiger partial charge in [0.2, 0.25) is 0 Å². The first-order chi connectivity index (χ1) is 37.2. The number of methoxy groups -OCH3 is 1. The lowest BCUT2D eigenvalue weighted by Crippen LogP contribution is -2.33. The van der Waals surface area contributed by atoms with Crippen LogP contribution in [0.4, 0.5) is 26.3 Å². The molecule has 12 nitrogen and oxygen atoms in total. The number of aryl methyl sites for hydroxylation is 7. The minimum atomic E-state index is -4.55. The van der Waals surface area contributed by atoms with E-state index in [1.807, 2.05) is 6.92 Å². The van der Waals surface area contributed by atoms with Crippen LogP contribution in [0.15, 0.2) is 90.0 Å². The molecule has 0 radical (unpaired) electrons. The average Bonchev–Trinajstić information content (AvgIpc) is 3.56. The van der Waals surface area contributed by atoms with Crippen LogP contribution < -0.4 is 16.7 Å². The minimum Gasteiger partial charge on any atom is -0.460 e. The number of nitrogens with zero attached hydrogens (tertiary/aromatic N) is 4. The molecule has 0 saturated heterocycles. The van der Waals surface area contributed by atoms with Gasteiger partial charge in [0.1, 0.15) is 11.2 Å². The molecule has 2 unspecified atom stereocenters. The van der Waals surface area contributed by atoms with Crippen molar-refractivity contribution in [1.29, 1.82) is 0 Å². The van der Waals surface area contributed by atoms with Crippen molar-refractivity contribution in [2.24, 2.45) is 5.73 Å². The van der Waals surface area contributed by atoms with E-state index in [0.29, 0.717) is 31.5 Å². The highest BCUT2D eigenvalue weighted by Gasteiger charge is 2.34. The SMILES string of the molecule is CC(C)(C)OC(=O)CC(c1cccc(C(F)(F)F)c1)n1ccn(CCCc2ccc3c(n2)CCCCC3)c1=O.COC(C)CN[C@@H](CC(=O)OC(C)(C)C)c1cccc(C(F)(F)F)c1.NCCCc1ccc2c(n1)CCCCC2. The van der Waals surface area contributed by atoms with Crippen LogP contribution in [0.5, 0.6) is 0 Å². The first-order valence-corrected chi connectivity index (χ1v) is 27.7. The number of nitrogens with two attached hydrogens (primary N) is 1. The molecule has 3 heterocycles. The van der Waals surface area contributed by atoms with Gasteiger partial charge in [0.25, 0.3) is 0 Å². The number of benzene rings is 2. The van der Waals surface area contributed by atoms with Crippen molar-refractivity contribution in [2.75, 3.05) is 20.2 Å². The predicted molar refractivity (Wildman–Crippen MR) is 295 cm³/mol. The summed E-state index contributed by atoms with van der Waals surface area (Å²) in [5.41, 5.74) is 10.2.